The largest absolute Gasteiger partial charge is 0.490 e. The quantitative estimate of drug-likeness (QED) is 0.438. The number of pyridine rings is 1. The lowest BCUT2D eigenvalue weighted by atomic mass is 10.4. The molecular weight excluding hydrogens is 310 g/mol. The van der Waals surface area contributed by atoms with Gasteiger partial charge in [-0.05, 0) is 18.6 Å². The van der Waals surface area contributed by atoms with E-state index in [1.807, 2.05) is 18.3 Å². The number of hydrogen-bond donors (Lipinski definition) is 2. The lowest BCUT2D eigenvalue weighted by molar-refractivity contribution is 0.320. The monoisotopic (exact) mass is 333 g/mol. The van der Waals surface area contributed by atoms with Crippen molar-refractivity contribution in [2.75, 3.05) is 26.7 Å². The Kier molecular flexibility index (Phi) is 7.32. The third-order valence-corrected chi connectivity index (χ3v) is 4.30. The molecule has 0 fully saturated rings. The molecule has 0 unspecified atom stereocenters. The molecule has 6 nitrogen and oxygen atoms in total. The van der Waals surface area contributed by atoms with Gasteiger partial charge in [0.05, 0.1) is 17.7 Å². The Bertz CT molecular complexity index is 600. The van der Waals surface area contributed by atoms with Crippen LogP contribution in [0.15, 0.2) is 35.7 Å². The van der Waals surface area contributed by atoms with Crippen LogP contribution in [-0.4, -0.2) is 42.7 Å². The van der Waals surface area contributed by atoms with Crippen LogP contribution in [0.3, 0.4) is 0 Å². The lowest BCUT2D eigenvalue weighted by Gasteiger charge is -2.11. The summed E-state index contributed by atoms with van der Waals surface area (Å²) in [6.45, 7) is 4.18. The van der Waals surface area contributed by atoms with Crippen LogP contribution in [0.5, 0.6) is 5.75 Å². The van der Waals surface area contributed by atoms with Gasteiger partial charge in [0, 0.05) is 37.3 Å². The standard InChI is InChI=1S/C16H23N5OS/c1-3-14-12-21-15(23-14)6-8-19-16(17-2)20-9-10-22-13-5-4-7-18-11-13/h4-5,7,11-12H,3,6,8-10H2,1-2H3,(H2,17,19,20). The molecule has 0 aliphatic carbocycles. The highest BCUT2D eigenvalue weighted by Gasteiger charge is 2.02. The molecule has 0 aliphatic heterocycles. The van der Waals surface area contributed by atoms with E-state index in [0.29, 0.717) is 13.2 Å². The molecule has 0 saturated carbocycles. The Hall–Kier alpha value is -2.15. The van der Waals surface area contributed by atoms with E-state index in [1.165, 1.54) is 4.88 Å². The average Bonchev–Trinajstić information content (AvgIpc) is 3.06. The molecule has 2 heterocycles. The van der Waals surface area contributed by atoms with Gasteiger partial charge in [0.15, 0.2) is 5.96 Å². The number of aryl methyl sites for hydroxylation is 1. The van der Waals surface area contributed by atoms with E-state index in [4.69, 9.17) is 4.74 Å². The Morgan fingerprint density at radius 3 is 2.87 bits per heavy atom. The predicted octanol–water partition coefficient (Wildman–Crippen LogP) is 1.89. The molecule has 0 bridgehead atoms. The maximum atomic E-state index is 5.57. The summed E-state index contributed by atoms with van der Waals surface area (Å²) in [6, 6.07) is 3.74. The zero-order valence-corrected chi connectivity index (χ0v) is 14.4. The summed E-state index contributed by atoms with van der Waals surface area (Å²) >= 11 is 1.77. The Labute approximate surface area is 141 Å². The third-order valence-electron chi connectivity index (χ3n) is 3.10. The Morgan fingerprint density at radius 2 is 2.17 bits per heavy atom. The summed E-state index contributed by atoms with van der Waals surface area (Å²) in [4.78, 5) is 13.9. The van der Waals surface area contributed by atoms with Crippen LogP contribution in [-0.2, 0) is 12.8 Å². The number of rotatable bonds is 8. The van der Waals surface area contributed by atoms with Gasteiger partial charge in [-0.25, -0.2) is 4.98 Å². The van der Waals surface area contributed by atoms with Crippen LogP contribution in [0, 0.1) is 0 Å². The van der Waals surface area contributed by atoms with Gasteiger partial charge in [0.25, 0.3) is 0 Å². The van der Waals surface area contributed by atoms with Crippen molar-refractivity contribution in [3.8, 4) is 5.75 Å². The fraction of sp³-hybridized carbons (Fsp3) is 0.438. The molecular formula is C16H23N5OS. The molecule has 124 valence electrons. The van der Waals surface area contributed by atoms with Crippen LogP contribution >= 0.6 is 11.3 Å². The first-order valence-electron chi connectivity index (χ1n) is 7.72. The number of aliphatic imine (C=N–C) groups is 1. The first-order valence-corrected chi connectivity index (χ1v) is 8.54. The minimum atomic E-state index is 0.554. The van der Waals surface area contributed by atoms with E-state index < -0.39 is 0 Å². The second-order valence-electron chi connectivity index (χ2n) is 4.79. The highest BCUT2D eigenvalue weighted by molar-refractivity contribution is 7.11. The van der Waals surface area contributed by atoms with Gasteiger partial charge in [-0.3, -0.25) is 9.98 Å². The fourth-order valence-electron chi connectivity index (χ4n) is 1.91. The van der Waals surface area contributed by atoms with Crippen molar-refractivity contribution < 1.29 is 4.74 Å². The first kappa shape index (κ1) is 17.2. The van der Waals surface area contributed by atoms with Crippen LogP contribution in [0.4, 0.5) is 0 Å². The number of ether oxygens (including phenoxy) is 1. The molecule has 2 aromatic rings. The van der Waals surface area contributed by atoms with Gasteiger partial charge in [-0.1, -0.05) is 6.92 Å². The highest BCUT2D eigenvalue weighted by atomic mass is 32.1. The first-order chi connectivity index (χ1) is 11.3. The summed E-state index contributed by atoms with van der Waals surface area (Å²) < 4.78 is 5.57. The molecule has 0 aliphatic rings. The summed E-state index contributed by atoms with van der Waals surface area (Å²) in [5, 5.41) is 7.66. The van der Waals surface area contributed by atoms with Crippen LogP contribution in [0.25, 0.3) is 0 Å². The molecule has 0 aromatic carbocycles. The van der Waals surface area contributed by atoms with Crippen molar-refractivity contribution in [2.24, 2.45) is 4.99 Å². The van der Waals surface area contributed by atoms with E-state index in [0.717, 1.165) is 36.1 Å². The van der Waals surface area contributed by atoms with Crippen molar-refractivity contribution >= 4 is 17.3 Å². The van der Waals surface area contributed by atoms with Crippen LogP contribution < -0.4 is 15.4 Å². The Morgan fingerprint density at radius 1 is 1.30 bits per heavy atom. The molecule has 0 saturated heterocycles. The summed E-state index contributed by atoms with van der Waals surface area (Å²) in [5.74, 6) is 1.54. The molecule has 23 heavy (non-hydrogen) atoms. The van der Waals surface area contributed by atoms with Gasteiger partial charge < -0.3 is 15.4 Å². The zero-order valence-electron chi connectivity index (χ0n) is 13.6. The van der Waals surface area contributed by atoms with Crippen molar-refractivity contribution in [3.05, 3.63) is 40.6 Å². The smallest absolute Gasteiger partial charge is 0.191 e. The van der Waals surface area contributed by atoms with Gasteiger partial charge in [0.1, 0.15) is 12.4 Å². The normalized spacial score (nSPS) is 11.3. The molecule has 0 radical (unpaired) electrons. The van der Waals surface area contributed by atoms with Gasteiger partial charge in [-0.15, -0.1) is 11.3 Å². The Balaban J connectivity index is 1.61. The number of nitrogens with zero attached hydrogens (tertiary/aromatic N) is 3. The minimum Gasteiger partial charge on any atom is -0.490 e. The van der Waals surface area contributed by atoms with E-state index >= 15 is 0 Å². The minimum absolute atomic E-state index is 0.554. The summed E-state index contributed by atoms with van der Waals surface area (Å²) in [7, 11) is 1.76. The van der Waals surface area contributed by atoms with Gasteiger partial charge in [0.2, 0.25) is 0 Å². The third kappa shape index (κ3) is 6.23. The molecule has 2 N–H and O–H groups in total. The van der Waals surface area contributed by atoms with Crippen molar-refractivity contribution in [3.63, 3.8) is 0 Å². The second kappa shape index (κ2) is 9.78. The fourth-order valence-corrected chi connectivity index (χ4v) is 2.77. The highest BCUT2D eigenvalue weighted by Crippen LogP contribution is 2.13. The maximum absolute atomic E-state index is 5.57. The SMILES string of the molecule is CCc1cnc(CCNC(=NC)NCCOc2cccnc2)s1. The topological polar surface area (TPSA) is 71.4 Å². The average molecular weight is 333 g/mol. The molecule has 7 heteroatoms. The summed E-state index contributed by atoms with van der Waals surface area (Å²) in [5.41, 5.74) is 0. The molecule has 2 aromatic heterocycles. The number of nitrogens with one attached hydrogen (secondary N) is 2. The van der Waals surface area contributed by atoms with E-state index in [2.05, 4.69) is 32.5 Å². The second-order valence-corrected chi connectivity index (χ2v) is 5.99. The number of thiazole rings is 1. The molecule has 0 spiro atoms. The zero-order chi connectivity index (χ0) is 16.3. The molecule has 2 rings (SSSR count). The predicted molar refractivity (Wildman–Crippen MR) is 94.3 cm³/mol. The van der Waals surface area contributed by atoms with E-state index in [-0.39, 0.29) is 0 Å². The maximum Gasteiger partial charge on any atom is 0.191 e. The molecule has 0 amide bonds. The van der Waals surface area contributed by atoms with E-state index in [9.17, 15) is 0 Å². The van der Waals surface area contributed by atoms with Crippen LogP contribution in [0.1, 0.15) is 16.8 Å². The van der Waals surface area contributed by atoms with E-state index in [1.54, 1.807) is 30.8 Å². The summed E-state index contributed by atoms with van der Waals surface area (Å²) in [6.07, 6.45) is 7.33. The van der Waals surface area contributed by atoms with Crippen molar-refractivity contribution in [2.45, 2.75) is 19.8 Å². The van der Waals surface area contributed by atoms with Crippen LogP contribution in [0.2, 0.25) is 0 Å². The van der Waals surface area contributed by atoms with Gasteiger partial charge in [-0.2, -0.15) is 0 Å². The van der Waals surface area contributed by atoms with Crippen molar-refractivity contribution in [1.29, 1.82) is 0 Å². The lowest BCUT2D eigenvalue weighted by Crippen LogP contribution is -2.40. The van der Waals surface area contributed by atoms with Gasteiger partial charge >= 0.3 is 0 Å². The molecule has 0 atom stereocenters. The number of aromatic nitrogens is 2. The number of hydrogen-bond acceptors (Lipinski definition) is 5. The number of guanidine groups is 1. The van der Waals surface area contributed by atoms with Crippen molar-refractivity contribution in [1.82, 2.24) is 20.6 Å².